The zero-order valence-corrected chi connectivity index (χ0v) is 18.4. The van der Waals surface area contributed by atoms with E-state index in [9.17, 15) is 4.79 Å². The van der Waals surface area contributed by atoms with Gasteiger partial charge in [0.15, 0.2) is 5.78 Å². The maximum Gasteiger partial charge on any atom is 0.164 e. The van der Waals surface area contributed by atoms with Crippen LogP contribution in [0.1, 0.15) is 47.3 Å². The van der Waals surface area contributed by atoms with Crippen LogP contribution in [0.3, 0.4) is 0 Å². The fourth-order valence-electron chi connectivity index (χ4n) is 5.69. The van der Waals surface area contributed by atoms with Gasteiger partial charge in [-0.25, -0.2) is 0 Å². The summed E-state index contributed by atoms with van der Waals surface area (Å²) in [5, 5.41) is 2.22. The average Bonchev–Trinajstić information content (AvgIpc) is 3.13. The van der Waals surface area contributed by atoms with E-state index in [1.807, 2.05) is 30.3 Å². The number of Topliss-reactive ketones (excluding diaryl/α,β-unsaturated/α-hetero) is 1. The molecule has 2 aliphatic rings. The maximum atomic E-state index is 13.2. The van der Waals surface area contributed by atoms with Gasteiger partial charge >= 0.3 is 0 Å². The van der Waals surface area contributed by atoms with E-state index in [4.69, 9.17) is 4.74 Å². The third-order valence-electron chi connectivity index (χ3n) is 7.22. The van der Waals surface area contributed by atoms with Gasteiger partial charge < -0.3 is 9.64 Å². The smallest absolute Gasteiger partial charge is 0.164 e. The molecule has 1 aliphatic carbocycles. The van der Waals surface area contributed by atoms with Crippen molar-refractivity contribution in [1.29, 1.82) is 0 Å². The molecule has 4 aromatic rings. The van der Waals surface area contributed by atoms with Gasteiger partial charge in [-0.2, -0.15) is 0 Å². The summed E-state index contributed by atoms with van der Waals surface area (Å²) in [7, 11) is 0. The van der Waals surface area contributed by atoms with Gasteiger partial charge in [0.2, 0.25) is 0 Å². The van der Waals surface area contributed by atoms with Crippen molar-refractivity contribution in [3.63, 3.8) is 0 Å². The minimum Gasteiger partial charge on any atom is -0.456 e. The van der Waals surface area contributed by atoms with Crippen LogP contribution in [-0.2, 0) is 5.41 Å². The summed E-state index contributed by atoms with van der Waals surface area (Å²) in [5.74, 6) is 1.92. The zero-order valence-electron chi connectivity index (χ0n) is 18.4. The minimum atomic E-state index is -0.525. The number of rotatable bonds is 3. The topological polar surface area (TPSA) is 29.5 Å². The summed E-state index contributed by atoms with van der Waals surface area (Å²) >= 11 is 0. The number of ketones is 1. The van der Waals surface area contributed by atoms with Crippen LogP contribution in [0.15, 0.2) is 78.9 Å². The Morgan fingerprint density at radius 2 is 1.59 bits per heavy atom. The first-order chi connectivity index (χ1) is 15.7. The highest BCUT2D eigenvalue weighted by molar-refractivity contribution is 6.05. The summed E-state index contributed by atoms with van der Waals surface area (Å²) < 4.78 is 6.67. The lowest BCUT2D eigenvalue weighted by Gasteiger charge is -2.39. The first kappa shape index (κ1) is 19.1. The second-order valence-electron chi connectivity index (χ2n) is 8.67. The van der Waals surface area contributed by atoms with Gasteiger partial charge in [-0.1, -0.05) is 66.7 Å². The van der Waals surface area contributed by atoms with Gasteiger partial charge in [0.05, 0.1) is 5.41 Å². The third-order valence-corrected chi connectivity index (χ3v) is 7.22. The molecule has 0 amide bonds. The monoisotopic (exact) mass is 419 g/mol. The molecule has 158 valence electrons. The molecule has 1 aliphatic heterocycles. The highest BCUT2D eigenvalue weighted by atomic mass is 16.5. The second-order valence-corrected chi connectivity index (χ2v) is 8.67. The fraction of sp³-hybridized carbons (Fsp3) is 0.207. The van der Waals surface area contributed by atoms with E-state index in [-0.39, 0.29) is 5.78 Å². The number of ether oxygens (including phenoxy) is 1. The standard InChI is InChI=1S/C29H25NO2/c1-3-30(4-2)20-14-16-24-27(17-20)32-28-21-10-6-5-9-19(21)13-15-25(28)29(24)18-26(31)22-11-7-8-12-23(22)29/h5-17H,3-4,18H2,1-2H3. The summed E-state index contributed by atoms with van der Waals surface area (Å²) in [6.45, 7) is 6.20. The summed E-state index contributed by atoms with van der Waals surface area (Å²) in [6, 6.07) is 27.2. The van der Waals surface area contributed by atoms with E-state index >= 15 is 0 Å². The van der Waals surface area contributed by atoms with Gasteiger partial charge in [-0.15, -0.1) is 0 Å². The van der Waals surface area contributed by atoms with E-state index in [0.29, 0.717) is 6.42 Å². The Labute approximate surface area is 188 Å². The molecule has 0 radical (unpaired) electrons. The quantitative estimate of drug-likeness (QED) is 0.369. The number of anilines is 1. The Kier molecular flexibility index (Phi) is 4.16. The molecule has 3 nitrogen and oxygen atoms in total. The van der Waals surface area contributed by atoms with Crippen molar-refractivity contribution >= 4 is 22.2 Å². The molecule has 1 atom stereocenters. The molecule has 0 saturated heterocycles. The van der Waals surface area contributed by atoms with Crippen LogP contribution in [0, 0.1) is 0 Å². The molecule has 3 heteroatoms. The van der Waals surface area contributed by atoms with Gasteiger partial charge in [-0.05, 0) is 30.9 Å². The van der Waals surface area contributed by atoms with Crippen molar-refractivity contribution in [2.24, 2.45) is 0 Å². The minimum absolute atomic E-state index is 0.195. The van der Waals surface area contributed by atoms with Crippen LogP contribution in [0.5, 0.6) is 11.5 Å². The molecule has 1 heterocycles. The Morgan fingerprint density at radius 3 is 2.44 bits per heavy atom. The predicted molar refractivity (Wildman–Crippen MR) is 129 cm³/mol. The van der Waals surface area contributed by atoms with Crippen molar-refractivity contribution in [3.8, 4) is 11.5 Å². The number of carbonyl (C=O) groups excluding carboxylic acids is 1. The number of hydrogen-bond acceptors (Lipinski definition) is 3. The van der Waals surface area contributed by atoms with E-state index in [1.54, 1.807) is 0 Å². The highest BCUT2D eigenvalue weighted by Crippen LogP contribution is 2.59. The lowest BCUT2D eigenvalue weighted by molar-refractivity contribution is 0.0983. The van der Waals surface area contributed by atoms with Gasteiger partial charge in [0, 0.05) is 53.3 Å². The number of benzene rings is 4. The molecule has 1 spiro atoms. The predicted octanol–water partition coefficient (Wildman–Crippen LogP) is 6.71. The van der Waals surface area contributed by atoms with Crippen LogP contribution >= 0.6 is 0 Å². The molecule has 32 heavy (non-hydrogen) atoms. The Bertz CT molecular complexity index is 1390. The second kappa shape index (κ2) is 6.96. The van der Waals surface area contributed by atoms with Crippen LogP contribution in [0.4, 0.5) is 5.69 Å². The van der Waals surface area contributed by atoms with Crippen molar-refractivity contribution in [2.45, 2.75) is 25.7 Å². The van der Waals surface area contributed by atoms with E-state index < -0.39 is 5.41 Å². The summed E-state index contributed by atoms with van der Waals surface area (Å²) in [4.78, 5) is 15.6. The van der Waals surface area contributed by atoms with Crippen LogP contribution in [-0.4, -0.2) is 18.9 Å². The molecule has 0 N–H and O–H groups in total. The molecule has 0 saturated carbocycles. The van der Waals surface area contributed by atoms with Crippen molar-refractivity contribution in [2.75, 3.05) is 18.0 Å². The lowest BCUT2D eigenvalue weighted by Crippen LogP contribution is -2.31. The van der Waals surface area contributed by atoms with Crippen LogP contribution in [0.25, 0.3) is 10.8 Å². The molecule has 0 aromatic heterocycles. The molecule has 4 aromatic carbocycles. The Hall–Kier alpha value is -3.59. The first-order valence-electron chi connectivity index (χ1n) is 11.4. The third kappa shape index (κ3) is 2.45. The largest absolute Gasteiger partial charge is 0.456 e. The SMILES string of the molecule is CCN(CC)c1ccc2c(c1)Oc1c(ccc3ccccc13)C21CC(=O)c2ccccc21. The summed E-state index contributed by atoms with van der Waals surface area (Å²) in [6.07, 6.45) is 0.429. The van der Waals surface area contributed by atoms with Crippen molar-refractivity contribution in [3.05, 3.63) is 101 Å². The summed E-state index contributed by atoms with van der Waals surface area (Å²) in [5.41, 5.74) is 4.69. The normalized spacial score (nSPS) is 18.2. The van der Waals surface area contributed by atoms with E-state index in [1.165, 1.54) is 0 Å². The van der Waals surface area contributed by atoms with Gasteiger partial charge in [-0.3, -0.25) is 4.79 Å². The zero-order chi connectivity index (χ0) is 21.9. The molecular formula is C29H25NO2. The van der Waals surface area contributed by atoms with Crippen molar-refractivity contribution in [1.82, 2.24) is 0 Å². The van der Waals surface area contributed by atoms with Crippen LogP contribution < -0.4 is 9.64 Å². The fourth-order valence-corrected chi connectivity index (χ4v) is 5.69. The molecule has 6 rings (SSSR count). The van der Waals surface area contributed by atoms with E-state index in [2.05, 4.69) is 67.3 Å². The highest BCUT2D eigenvalue weighted by Gasteiger charge is 2.51. The molecule has 0 bridgehead atoms. The van der Waals surface area contributed by atoms with E-state index in [0.717, 1.165) is 63.3 Å². The van der Waals surface area contributed by atoms with Crippen LogP contribution in [0.2, 0.25) is 0 Å². The number of carbonyl (C=O) groups is 1. The lowest BCUT2D eigenvalue weighted by atomic mass is 9.68. The van der Waals surface area contributed by atoms with Gasteiger partial charge in [0.25, 0.3) is 0 Å². The molecule has 1 unspecified atom stereocenters. The number of hydrogen-bond donors (Lipinski definition) is 0. The van der Waals surface area contributed by atoms with Gasteiger partial charge in [0.1, 0.15) is 11.5 Å². The average molecular weight is 420 g/mol. The number of fused-ring (bicyclic) bond motifs is 8. The maximum absolute atomic E-state index is 13.2. The first-order valence-corrected chi connectivity index (χ1v) is 11.4. The number of nitrogens with zero attached hydrogens (tertiary/aromatic N) is 1. The molecule has 0 fully saturated rings. The Morgan fingerprint density at radius 1 is 0.844 bits per heavy atom. The molecular weight excluding hydrogens is 394 g/mol. The Balaban J connectivity index is 1.69. The van der Waals surface area contributed by atoms with Crippen molar-refractivity contribution < 1.29 is 9.53 Å².